The first-order valence-corrected chi connectivity index (χ1v) is 8.18. The molecule has 1 aliphatic heterocycles. The zero-order chi connectivity index (χ0) is 13.9. The zero-order valence-electron chi connectivity index (χ0n) is 13.0. The Morgan fingerprint density at radius 1 is 1.10 bits per heavy atom. The molecule has 1 aromatic rings. The van der Waals surface area contributed by atoms with Crippen molar-refractivity contribution in [1.82, 2.24) is 9.80 Å². The van der Waals surface area contributed by atoms with Gasteiger partial charge in [-0.05, 0) is 76.3 Å². The second-order valence-electron chi connectivity index (χ2n) is 6.85. The third-order valence-corrected chi connectivity index (χ3v) is 5.31. The highest BCUT2D eigenvalue weighted by molar-refractivity contribution is 5.29. The Morgan fingerprint density at radius 3 is 2.55 bits per heavy atom. The SMILES string of the molecule is CN1CCC(N(C)C[C@H]2CCc3ccccc3C2)CC1. The highest BCUT2D eigenvalue weighted by Crippen LogP contribution is 2.27. The molecule has 0 amide bonds. The minimum atomic E-state index is 0.809. The van der Waals surface area contributed by atoms with Crippen LogP contribution in [-0.4, -0.2) is 49.6 Å². The van der Waals surface area contributed by atoms with Gasteiger partial charge in [-0.25, -0.2) is 0 Å². The van der Waals surface area contributed by atoms with Crippen molar-refractivity contribution in [3.8, 4) is 0 Å². The van der Waals surface area contributed by atoms with Crippen molar-refractivity contribution in [3.05, 3.63) is 35.4 Å². The molecule has 1 aromatic carbocycles. The van der Waals surface area contributed by atoms with E-state index in [9.17, 15) is 0 Å². The van der Waals surface area contributed by atoms with Gasteiger partial charge in [-0.2, -0.15) is 0 Å². The largest absolute Gasteiger partial charge is 0.306 e. The number of hydrogen-bond acceptors (Lipinski definition) is 2. The van der Waals surface area contributed by atoms with Gasteiger partial charge < -0.3 is 9.80 Å². The fourth-order valence-corrected chi connectivity index (χ4v) is 3.92. The van der Waals surface area contributed by atoms with Crippen LogP contribution in [-0.2, 0) is 12.8 Å². The number of piperidine rings is 1. The van der Waals surface area contributed by atoms with Crippen molar-refractivity contribution in [3.63, 3.8) is 0 Å². The summed E-state index contributed by atoms with van der Waals surface area (Å²) in [4.78, 5) is 5.10. The molecule has 0 spiro atoms. The van der Waals surface area contributed by atoms with Crippen LogP contribution in [0.2, 0.25) is 0 Å². The Hall–Kier alpha value is -0.860. The van der Waals surface area contributed by atoms with Crippen molar-refractivity contribution < 1.29 is 0 Å². The minimum absolute atomic E-state index is 0.809. The predicted octanol–water partition coefficient (Wildman–Crippen LogP) is 2.82. The summed E-state index contributed by atoms with van der Waals surface area (Å²) in [6, 6.07) is 9.83. The number of likely N-dealkylation sites (tertiary alicyclic amines) is 1. The van der Waals surface area contributed by atoms with Gasteiger partial charge in [-0.15, -0.1) is 0 Å². The van der Waals surface area contributed by atoms with Gasteiger partial charge in [-0.3, -0.25) is 0 Å². The molecule has 110 valence electrons. The highest BCUT2D eigenvalue weighted by atomic mass is 15.2. The summed E-state index contributed by atoms with van der Waals surface area (Å²) < 4.78 is 0. The molecule has 0 unspecified atom stereocenters. The molecule has 0 aromatic heterocycles. The van der Waals surface area contributed by atoms with E-state index in [-0.39, 0.29) is 0 Å². The molecule has 1 saturated heterocycles. The van der Waals surface area contributed by atoms with E-state index in [4.69, 9.17) is 0 Å². The van der Waals surface area contributed by atoms with Crippen LogP contribution in [0.1, 0.15) is 30.4 Å². The van der Waals surface area contributed by atoms with E-state index < -0.39 is 0 Å². The fourth-order valence-electron chi connectivity index (χ4n) is 3.92. The molecule has 0 radical (unpaired) electrons. The molecule has 3 rings (SSSR count). The first kappa shape index (κ1) is 14.1. The number of benzene rings is 1. The lowest BCUT2D eigenvalue weighted by atomic mass is 9.83. The summed E-state index contributed by atoms with van der Waals surface area (Å²) in [7, 11) is 4.59. The molecule has 2 aliphatic rings. The molecule has 0 N–H and O–H groups in total. The average Bonchev–Trinajstić information content (AvgIpc) is 2.48. The average molecular weight is 272 g/mol. The van der Waals surface area contributed by atoms with E-state index in [1.807, 2.05) is 0 Å². The van der Waals surface area contributed by atoms with E-state index in [0.29, 0.717) is 0 Å². The van der Waals surface area contributed by atoms with Gasteiger partial charge >= 0.3 is 0 Å². The van der Waals surface area contributed by atoms with Crippen molar-refractivity contribution in [2.75, 3.05) is 33.7 Å². The van der Waals surface area contributed by atoms with E-state index in [0.717, 1.165) is 12.0 Å². The summed E-state index contributed by atoms with van der Waals surface area (Å²) in [5.41, 5.74) is 3.19. The lowest BCUT2D eigenvalue weighted by Gasteiger charge is -2.37. The molecule has 20 heavy (non-hydrogen) atoms. The van der Waals surface area contributed by atoms with Crippen LogP contribution in [0, 0.1) is 5.92 Å². The van der Waals surface area contributed by atoms with Crippen LogP contribution < -0.4 is 0 Å². The smallest absolute Gasteiger partial charge is 0.0117 e. The first-order valence-electron chi connectivity index (χ1n) is 8.18. The third kappa shape index (κ3) is 3.24. The van der Waals surface area contributed by atoms with Crippen LogP contribution in [0.3, 0.4) is 0 Å². The number of aryl methyl sites for hydroxylation is 1. The monoisotopic (exact) mass is 272 g/mol. The standard InChI is InChI=1S/C18H28N2/c1-19-11-9-18(10-12-19)20(2)14-15-7-8-16-5-3-4-6-17(16)13-15/h3-6,15,18H,7-14H2,1-2H3/t15-/m0/s1. The van der Waals surface area contributed by atoms with Crippen molar-refractivity contribution in [1.29, 1.82) is 0 Å². The van der Waals surface area contributed by atoms with Gasteiger partial charge in [-0.1, -0.05) is 24.3 Å². The van der Waals surface area contributed by atoms with Crippen molar-refractivity contribution >= 4 is 0 Å². The van der Waals surface area contributed by atoms with Crippen molar-refractivity contribution in [2.45, 2.75) is 38.1 Å². The predicted molar refractivity (Wildman–Crippen MR) is 85.1 cm³/mol. The maximum atomic E-state index is 2.64. The lowest BCUT2D eigenvalue weighted by Crippen LogP contribution is -2.44. The second-order valence-corrected chi connectivity index (χ2v) is 6.85. The Bertz CT molecular complexity index is 435. The quantitative estimate of drug-likeness (QED) is 0.835. The zero-order valence-corrected chi connectivity index (χ0v) is 13.0. The van der Waals surface area contributed by atoms with Gasteiger partial charge in [0.25, 0.3) is 0 Å². The molecule has 0 saturated carbocycles. The molecule has 1 atom stereocenters. The second kappa shape index (κ2) is 6.28. The van der Waals surface area contributed by atoms with Gasteiger partial charge in [0, 0.05) is 12.6 Å². The van der Waals surface area contributed by atoms with Crippen LogP contribution in [0.5, 0.6) is 0 Å². The fraction of sp³-hybridized carbons (Fsp3) is 0.667. The van der Waals surface area contributed by atoms with Crippen LogP contribution in [0.4, 0.5) is 0 Å². The Balaban J connectivity index is 1.54. The Labute approximate surface area is 123 Å². The van der Waals surface area contributed by atoms with E-state index >= 15 is 0 Å². The lowest BCUT2D eigenvalue weighted by molar-refractivity contribution is 0.126. The van der Waals surface area contributed by atoms with Crippen LogP contribution in [0.15, 0.2) is 24.3 Å². The first-order chi connectivity index (χ1) is 9.72. The minimum Gasteiger partial charge on any atom is -0.306 e. The number of nitrogens with zero attached hydrogens (tertiary/aromatic N) is 2. The molecule has 2 nitrogen and oxygen atoms in total. The highest BCUT2D eigenvalue weighted by Gasteiger charge is 2.24. The molecule has 1 heterocycles. The number of fused-ring (bicyclic) bond motifs is 1. The van der Waals surface area contributed by atoms with Gasteiger partial charge in [0.15, 0.2) is 0 Å². The number of rotatable bonds is 3. The molecule has 0 bridgehead atoms. The topological polar surface area (TPSA) is 6.48 Å². The summed E-state index contributed by atoms with van der Waals surface area (Å²) in [6.45, 7) is 3.81. The Morgan fingerprint density at radius 2 is 1.80 bits per heavy atom. The summed E-state index contributed by atoms with van der Waals surface area (Å²) in [5.74, 6) is 0.856. The van der Waals surface area contributed by atoms with Gasteiger partial charge in [0.2, 0.25) is 0 Å². The summed E-state index contributed by atoms with van der Waals surface area (Å²) in [6.07, 6.45) is 6.62. The van der Waals surface area contributed by atoms with E-state index in [2.05, 4.69) is 48.2 Å². The number of hydrogen-bond donors (Lipinski definition) is 0. The maximum Gasteiger partial charge on any atom is 0.0117 e. The van der Waals surface area contributed by atoms with E-state index in [1.54, 1.807) is 11.1 Å². The molecular weight excluding hydrogens is 244 g/mol. The summed E-state index contributed by atoms with van der Waals surface area (Å²) in [5, 5.41) is 0. The molecular formula is C18H28N2. The van der Waals surface area contributed by atoms with Gasteiger partial charge in [0.1, 0.15) is 0 Å². The van der Waals surface area contributed by atoms with Crippen molar-refractivity contribution in [2.24, 2.45) is 5.92 Å². The van der Waals surface area contributed by atoms with Crippen LogP contribution >= 0.6 is 0 Å². The normalized spacial score (nSPS) is 24.9. The van der Waals surface area contributed by atoms with Gasteiger partial charge in [0.05, 0.1) is 0 Å². The summed E-state index contributed by atoms with van der Waals surface area (Å²) >= 11 is 0. The molecule has 2 heteroatoms. The van der Waals surface area contributed by atoms with Crippen LogP contribution in [0.25, 0.3) is 0 Å². The third-order valence-electron chi connectivity index (χ3n) is 5.31. The maximum absolute atomic E-state index is 2.64. The van der Waals surface area contributed by atoms with E-state index in [1.165, 1.54) is 51.7 Å². The Kier molecular flexibility index (Phi) is 4.42. The molecule has 1 fully saturated rings. The molecule has 1 aliphatic carbocycles.